The smallest absolute Gasteiger partial charge is 0.319 e. The van der Waals surface area contributed by atoms with Gasteiger partial charge in [-0.3, -0.25) is 14.4 Å². The first-order chi connectivity index (χ1) is 12.9. The van der Waals surface area contributed by atoms with Crippen LogP contribution in [-0.2, 0) is 19.1 Å². The van der Waals surface area contributed by atoms with Gasteiger partial charge in [0, 0.05) is 25.3 Å². The fourth-order valence-corrected chi connectivity index (χ4v) is 2.10. The number of para-hydroxylation sites is 1. The standard InChI is InChI=1S/C18H24N4O5/c1-22(11-15(23)20-14-7-8-14)16(24)12-27-17(25)9-10-19-18(26)21-13-5-3-2-4-6-13/h2-6,14H,7-12H2,1H3,(H,20,23)(H2,19,21,26). The SMILES string of the molecule is CN(CC(=O)NC1CC1)C(=O)COC(=O)CCNC(=O)Nc1ccccc1. The average molecular weight is 376 g/mol. The summed E-state index contributed by atoms with van der Waals surface area (Å²) >= 11 is 0. The monoisotopic (exact) mass is 376 g/mol. The number of nitrogens with one attached hydrogen (secondary N) is 3. The maximum atomic E-state index is 11.9. The number of hydrogen-bond acceptors (Lipinski definition) is 5. The van der Waals surface area contributed by atoms with Crippen LogP contribution in [0.25, 0.3) is 0 Å². The van der Waals surface area contributed by atoms with Crippen LogP contribution in [0.5, 0.6) is 0 Å². The molecule has 0 radical (unpaired) electrons. The molecule has 9 nitrogen and oxygen atoms in total. The highest BCUT2D eigenvalue weighted by Gasteiger charge is 2.24. The van der Waals surface area contributed by atoms with E-state index in [0.717, 1.165) is 12.8 Å². The number of anilines is 1. The van der Waals surface area contributed by atoms with Gasteiger partial charge in [-0.15, -0.1) is 0 Å². The molecule has 1 aliphatic rings. The van der Waals surface area contributed by atoms with Gasteiger partial charge in [-0.1, -0.05) is 18.2 Å². The molecule has 0 spiro atoms. The van der Waals surface area contributed by atoms with E-state index in [9.17, 15) is 19.2 Å². The molecule has 1 fully saturated rings. The largest absolute Gasteiger partial charge is 0.456 e. The molecule has 4 amide bonds. The van der Waals surface area contributed by atoms with Crippen LogP contribution in [0.3, 0.4) is 0 Å². The van der Waals surface area contributed by atoms with Crippen LogP contribution < -0.4 is 16.0 Å². The summed E-state index contributed by atoms with van der Waals surface area (Å²) in [7, 11) is 1.47. The lowest BCUT2D eigenvalue weighted by Gasteiger charge is -2.16. The van der Waals surface area contributed by atoms with Crippen molar-refractivity contribution in [2.45, 2.75) is 25.3 Å². The number of benzene rings is 1. The predicted molar refractivity (Wildman–Crippen MR) is 97.8 cm³/mol. The van der Waals surface area contributed by atoms with Gasteiger partial charge in [-0.25, -0.2) is 4.79 Å². The second kappa shape index (κ2) is 10.1. The number of esters is 1. The normalized spacial score (nSPS) is 12.6. The van der Waals surface area contributed by atoms with E-state index in [0.29, 0.717) is 5.69 Å². The molecule has 1 aromatic carbocycles. The van der Waals surface area contributed by atoms with Crippen molar-refractivity contribution in [2.24, 2.45) is 0 Å². The van der Waals surface area contributed by atoms with Crippen molar-refractivity contribution in [1.29, 1.82) is 0 Å². The van der Waals surface area contributed by atoms with E-state index in [1.54, 1.807) is 24.3 Å². The van der Waals surface area contributed by atoms with E-state index in [2.05, 4.69) is 16.0 Å². The van der Waals surface area contributed by atoms with Gasteiger partial charge in [0.1, 0.15) is 0 Å². The molecule has 0 bridgehead atoms. The van der Waals surface area contributed by atoms with Crippen molar-refractivity contribution in [3.63, 3.8) is 0 Å². The third-order valence-corrected chi connectivity index (χ3v) is 3.75. The maximum Gasteiger partial charge on any atom is 0.319 e. The number of carbonyl (C=O) groups excluding carboxylic acids is 4. The third kappa shape index (κ3) is 8.21. The number of nitrogens with zero attached hydrogens (tertiary/aromatic N) is 1. The molecule has 0 aromatic heterocycles. The van der Waals surface area contributed by atoms with E-state index in [1.807, 2.05) is 6.07 Å². The minimum Gasteiger partial charge on any atom is -0.456 e. The van der Waals surface area contributed by atoms with Crippen LogP contribution in [0.15, 0.2) is 30.3 Å². The van der Waals surface area contributed by atoms with Gasteiger partial charge in [0.2, 0.25) is 5.91 Å². The summed E-state index contributed by atoms with van der Waals surface area (Å²) in [5.74, 6) is -1.31. The Morgan fingerprint density at radius 1 is 1.15 bits per heavy atom. The first-order valence-electron chi connectivity index (χ1n) is 8.73. The molecule has 2 rings (SSSR count). The van der Waals surface area contributed by atoms with Gasteiger partial charge in [0.05, 0.1) is 13.0 Å². The minimum atomic E-state index is -0.612. The zero-order valence-electron chi connectivity index (χ0n) is 15.2. The number of hydrogen-bond donors (Lipinski definition) is 3. The van der Waals surface area contributed by atoms with Crippen molar-refractivity contribution in [3.05, 3.63) is 30.3 Å². The second-order valence-electron chi connectivity index (χ2n) is 6.25. The van der Waals surface area contributed by atoms with Crippen LogP contribution in [0.2, 0.25) is 0 Å². The first-order valence-corrected chi connectivity index (χ1v) is 8.73. The Labute approximate surface area is 157 Å². The van der Waals surface area contributed by atoms with Gasteiger partial charge in [-0.05, 0) is 25.0 Å². The number of urea groups is 1. The molecule has 3 N–H and O–H groups in total. The van der Waals surface area contributed by atoms with Crippen molar-refractivity contribution < 1.29 is 23.9 Å². The van der Waals surface area contributed by atoms with E-state index in [1.165, 1.54) is 11.9 Å². The molecule has 1 aliphatic carbocycles. The van der Waals surface area contributed by atoms with Crippen molar-refractivity contribution in [1.82, 2.24) is 15.5 Å². The fourth-order valence-electron chi connectivity index (χ4n) is 2.10. The lowest BCUT2D eigenvalue weighted by molar-refractivity contribution is -0.151. The summed E-state index contributed by atoms with van der Waals surface area (Å²) in [5, 5.41) is 7.91. The molecule has 27 heavy (non-hydrogen) atoms. The first kappa shape index (κ1) is 20.2. The summed E-state index contributed by atoms with van der Waals surface area (Å²) in [6.45, 7) is -0.443. The van der Waals surface area contributed by atoms with E-state index < -0.39 is 24.5 Å². The Hall–Kier alpha value is -3.10. The zero-order chi connectivity index (χ0) is 19.6. The highest BCUT2D eigenvalue weighted by Crippen LogP contribution is 2.18. The summed E-state index contributed by atoms with van der Waals surface area (Å²) < 4.78 is 4.87. The van der Waals surface area contributed by atoms with E-state index in [-0.39, 0.29) is 31.5 Å². The molecule has 9 heteroatoms. The Morgan fingerprint density at radius 2 is 1.85 bits per heavy atom. The summed E-state index contributed by atoms with van der Waals surface area (Å²) in [5.41, 5.74) is 0.636. The summed E-state index contributed by atoms with van der Waals surface area (Å²) in [6, 6.07) is 8.67. The number of carbonyl (C=O) groups is 4. The van der Waals surface area contributed by atoms with Gasteiger partial charge in [0.15, 0.2) is 6.61 Å². The number of ether oxygens (including phenoxy) is 1. The summed E-state index contributed by atoms with van der Waals surface area (Å²) in [4.78, 5) is 48.0. The van der Waals surface area contributed by atoms with Crippen LogP contribution in [0.4, 0.5) is 10.5 Å². The number of amides is 4. The van der Waals surface area contributed by atoms with E-state index in [4.69, 9.17) is 4.74 Å². The Kier molecular flexibility index (Phi) is 7.60. The predicted octanol–water partition coefficient (Wildman–Crippen LogP) is 0.478. The molecule has 1 aromatic rings. The van der Waals surface area contributed by atoms with Gasteiger partial charge >= 0.3 is 12.0 Å². The van der Waals surface area contributed by atoms with Crippen molar-refractivity contribution >= 4 is 29.5 Å². The Morgan fingerprint density at radius 3 is 2.52 bits per heavy atom. The molecule has 0 saturated heterocycles. The highest BCUT2D eigenvalue weighted by molar-refractivity contribution is 5.89. The molecule has 0 heterocycles. The lowest BCUT2D eigenvalue weighted by Crippen LogP contribution is -2.40. The van der Waals surface area contributed by atoms with Crippen molar-refractivity contribution in [2.75, 3.05) is 32.1 Å². The molecule has 1 saturated carbocycles. The lowest BCUT2D eigenvalue weighted by atomic mass is 10.3. The van der Waals surface area contributed by atoms with E-state index >= 15 is 0 Å². The maximum absolute atomic E-state index is 11.9. The highest BCUT2D eigenvalue weighted by atomic mass is 16.5. The van der Waals surface area contributed by atoms with Crippen LogP contribution in [0, 0.1) is 0 Å². The molecule has 146 valence electrons. The average Bonchev–Trinajstić information content (AvgIpc) is 3.44. The zero-order valence-corrected chi connectivity index (χ0v) is 15.2. The molecule has 0 unspecified atom stereocenters. The fraction of sp³-hybridized carbons (Fsp3) is 0.444. The third-order valence-electron chi connectivity index (χ3n) is 3.75. The second-order valence-corrected chi connectivity index (χ2v) is 6.25. The number of rotatable bonds is 9. The molecular formula is C18H24N4O5. The Balaban J connectivity index is 1.56. The molecule has 0 atom stereocenters. The molecular weight excluding hydrogens is 352 g/mol. The van der Waals surface area contributed by atoms with Gasteiger partial charge in [0.25, 0.3) is 5.91 Å². The minimum absolute atomic E-state index is 0.0681. The topological polar surface area (TPSA) is 117 Å². The quantitative estimate of drug-likeness (QED) is 0.542. The summed E-state index contributed by atoms with van der Waals surface area (Å²) in [6.07, 6.45) is 1.87. The van der Waals surface area contributed by atoms with Crippen LogP contribution in [-0.4, -0.2) is 61.5 Å². The van der Waals surface area contributed by atoms with Gasteiger partial charge in [-0.2, -0.15) is 0 Å². The Bertz CT molecular complexity index is 676. The molecule has 0 aliphatic heterocycles. The van der Waals surface area contributed by atoms with Crippen LogP contribution >= 0.6 is 0 Å². The van der Waals surface area contributed by atoms with Crippen molar-refractivity contribution in [3.8, 4) is 0 Å². The van der Waals surface area contributed by atoms with Crippen LogP contribution in [0.1, 0.15) is 19.3 Å². The van der Waals surface area contributed by atoms with Gasteiger partial charge < -0.3 is 25.6 Å². The number of likely N-dealkylation sites (N-methyl/N-ethyl adjacent to an activating group) is 1.